The molecule has 142 valence electrons. The Hall–Kier alpha value is -3.40. The summed E-state index contributed by atoms with van der Waals surface area (Å²) in [6.45, 7) is 6.44. The van der Waals surface area contributed by atoms with Crippen molar-refractivity contribution in [1.29, 1.82) is 0 Å². The molecule has 28 heavy (non-hydrogen) atoms. The highest BCUT2D eigenvalue weighted by molar-refractivity contribution is 5.95. The van der Waals surface area contributed by atoms with Gasteiger partial charge in [0.25, 0.3) is 5.91 Å². The summed E-state index contributed by atoms with van der Waals surface area (Å²) in [5.41, 5.74) is 7.35. The van der Waals surface area contributed by atoms with Crippen LogP contribution in [0, 0.1) is 0 Å². The highest BCUT2D eigenvalue weighted by Crippen LogP contribution is 2.22. The van der Waals surface area contributed by atoms with Crippen molar-refractivity contribution in [3.63, 3.8) is 0 Å². The van der Waals surface area contributed by atoms with Gasteiger partial charge in [0.15, 0.2) is 0 Å². The molecule has 0 radical (unpaired) electrons. The lowest BCUT2D eigenvalue weighted by Gasteiger charge is -2.18. The number of nitrogens with zero attached hydrogens (tertiary/aromatic N) is 1. The first-order chi connectivity index (χ1) is 13.4. The van der Waals surface area contributed by atoms with Gasteiger partial charge >= 0.3 is 0 Å². The molecule has 0 bridgehead atoms. The van der Waals surface area contributed by atoms with Crippen molar-refractivity contribution in [2.45, 2.75) is 26.2 Å². The van der Waals surface area contributed by atoms with Gasteiger partial charge in [-0.2, -0.15) is 5.10 Å². The van der Waals surface area contributed by atoms with Crippen LogP contribution in [-0.2, 0) is 5.41 Å². The quantitative estimate of drug-likeness (QED) is 0.460. The van der Waals surface area contributed by atoms with E-state index in [0.717, 1.165) is 16.9 Å². The van der Waals surface area contributed by atoms with E-state index in [9.17, 15) is 4.79 Å². The maximum absolute atomic E-state index is 12.2. The fourth-order valence-electron chi connectivity index (χ4n) is 2.69. The van der Waals surface area contributed by atoms with Gasteiger partial charge in [-0.3, -0.25) is 4.79 Å². The molecule has 0 saturated carbocycles. The molecule has 1 amide bonds. The van der Waals surface area contributed by atoms with E-state index in [-0.39, 0.29) is 11.3 Å². The zero-order valence-corrected chi connectivity index (χ0v) is 16.4. The van der Waals surface area contributed by atoms with E-state index >= 15 is 0 Å². The lowest BCUT2D eigenvalue weighted by molar-refractivity contribution is 0.0955. The fraction of sp³-hybridized carbons (Fsp3) is 0.167. The Morgan fingerprint density at radius 1 is 0.821 bits per heavy atom. The number of rotatable bonds is 5. The average Bonchev–Trinajstić information content (AvgIpc) is 2.69. The molecule has 3 aromatic rings. The first-order valence-corrected chi connectivity index (χ1v) is 9.28. The molecule has 0 atom stereocenters. The summed E-state index contributed by atoms with van der Waals surface area (Å²) in [7, 11) is 0. The minimum Gasteiger partial charge on any atom is -0.356 e. The first-order valence-electron chi connectivity index (χ1n) is 9.28. The lowest BCUT2D eigenvalue weighted by atomic mass is 9.87. The van der Waals surface area contributed by atoms with E-state index < -0.39 is 0 Å². The number of hydrazone groups is 1. The molecule has 0 heterocycles. The van der Waals surface area contributed by atoms with Crippen molar-refractivity contribution >= 4 is 23.5 Å². The smallest absolute Gasteiger partial charge is 0.271 e. The standard InChI is InChI=1S/C24H25N3O/c1-24(2,3)20-13-11-19(12-14-20)23(28)27-25-17-18-9-15-22(16-10-18)26-21-7-5-4-6-8-21/h4-17,26H,1-3H3,(H,27,28)/b25-17-. The number of nitrogens with one attached hydrogen (secondary N) is 2. The molecule has 3 rings (SSSR count). The summed E-state index contributed by atoms with van der Waals surface area (Å²) >= 11 is 0. The number of para-hydroxylation sites is 1. The molecule has 4 heteroatoms. The van der Waals surface area contributed by atoms with Crippen LogP contribution in [0.2, 0.25) is 0 Å². The minimum absolute atomic E-state index is 0.0642. The Labute approximate surface area is 166 Å². The largest absolute Gasteiger partial charge is 0.356 e. The van der Waals surface area contributed by atoms with Crippen molar-refractivity contribution in [1.82, 2.24) is 5.43 Å². The Morgan fingerprint density at radius 3 is 2.04 bits per heavy atom. The van der Waals surface area contributed by atoms with E-state index in [2.05, 4.69) is 36.6 Å². The Kier molecular flexibility index (Phi) is 5.90. The van der Waals surface area contributed by atoms with Gasteiger partial charge in [0, 0.05) is 16.9 Å². The maximum atomic E-state index is 12.2. The Morgan fingerprint density at radius 2 is 1.43 bits per heavy atom. The topological polar surface area (TPSA) is 53.5 Å². The molecule has 0 aliphatic carbocycles. The zero-order valence-electron chi connectivity index (χ0n) is 16.4. The van der Waals surface area contributed by atoms with Crippen LogP contribution in [0.5, 0.6) is 0 Å². The van der Waals surface area contributed by atoms with Gasteiger partial charge in [-0.15, -0.1) is 0 Å². The second-order valence-electron chi connectivity index (χ2n) is 7.64. The van der Waals surface area contributed by atoms with Crippen LogP contribution in [0.3, 0.4) is 0 Å². The SMILES string of the molecule is CC(C)(C)c1ccc(C(=O)N/N=C\c2ccc(Nc3ccccc3)cc2)cc1. The van der Waals surface area contributed by atoms with E-state index in [4.69, 9.17) is 0 Å². The highest BCUT2D eigenvalue weighted by atomic mass is 16.2. The van der Waals surface area contributed by atoms with Gasteiger partial charge in [-0.05, 0) is 52.9 Å². The van der Waals surface area contributed by atoms with Crippen molar-refractivity contribution in [3.8, 4) is 0 Å². The number of hydrogen-bond donors (Lipinski definition) is 2. The summed E-state index contributed by atoms with van der Waals surface area (Å²) in [5, 5.41) is 7.39. The van der Waals surface area contributed by atoms with Gasteiger partial charge in [0.2, 0.25) is 0 Å². The third kappa shape index (κ3) is 5.30. The molecule has 0 unspecified atom stereocenters. The van der Waals surface area contributed by atoms with Crippen LogP contribution in [-0.4, -0.2) is 12.1 Å². The molecule has 0 saturated heterocycles. The number of amides is 1. The molecular formula is C24H25N3O. The average molecular weight is 371 g/mol. The predicted octanol–water partition coefficient (Wildman–Crippen LogP) is 5.49. The van der Waals surface area contributed by atoms with E-state index in [1.807, 2.05) is 78.9 Å². The van der Waals surface area contributed by atoms with Crippen LogP contribution < -0.4 is 10.7 Å². The van der Waals surface area contributed by atoms with Crippen LogP contribution in [0.1, 0.15) is 42.3 Å². The minimum atomic E-state index is -0.223. The Balaban J connectivity index is 1.56. The monoisotopic (exact) mass is 371 g/mol. The van der Waals surface area contributed by atoms with Gasteiger partial charge in [-0.1, -0.05) is 63.2 Å². The zero-order chi connectivity index (χ0) is 20.0. The molecule has 0 spiro atoms. The molecule has 0 aliphatic heterocycles. The van der Waals surface area contributed by atoms with Gasteiger partial charge in [-0.25, -0.2) is 5.43 Å². The van der Waals surface area contributed by atoms with Crippen LogP contribution in [0.15, 0.2) is 84.0 Å². The normalized spacial score (nSPS) is 11.4. The maximum Gasteiger partial charge on any atom is 0.271 e. The Bertz CT molecular complexity index is 938. The predicted molar refractivity (Wildman–Crippen MR) is 116 cm³/mol. The van der Waals surface area contributed by atoms with E-state index in [1.54, 1.807) is 6.21 Å². The third-order valence-corrected chi connectivity index (χ3v) is 4.37. The molecular weight excluding hydrogens is 346 g/mol. The molecule has 3 aromatic carbocycles. The number of benzene rings is 3. The highest BCUT2D eigenvalue weighted by Gasteiger charge is 2.14. The van der Waals surface area contributed by atoms with Gasteiger partial charge < -0.3 is 5.32 Å². The van der Waals surface area contributed by atoms with Crippen molar-refractivity contribution in [2.24, 2.45) is 5.10 Å². The van der Waals surface area contributed by atoms with Gasteiger partial charge in [0.1, 0.15) is 0 Å². The molecule has 0 aliphatic rings. The molecule has 4 nitrogen and oxygen atoms in total. The number of hydrogen-bond acceptors (Lipinski definition) is 3. The summed E-state index contributed by atoms with van der Waals surface area (Å²) in [4.78, 5) is 12.2. The summed E-state index contributed by atoms with van der Waals surface area (Å²) < 4.78 is 0. The summed E-state index contributed by atoms with van der Waals surface area (Å²) in [5.74, 6) is -0.223. The fourth-order valence-corrected chi connectivity index (χ4v) is 2.69. The second kappa shape index (κ2) is 8.53. The van der Waals surface area contributed by atoms with Crippen LogP contribution in [0.25, 0.3) is 0 Å². The molecule has 0 aromatic heterocycles. The first kappa shape index (κ1) is 19.4. The number of carbonyl (C=O) groups is 1. The van der Waals surface area contributed by atoms with Gasteiger partial charge in [0.05, 0.1) is 6.21 Å². The molecule has 0 fully saturated rings. The lowest BCUT2D eigenvalue weighted by Crippen LogP contribution is -2.18. The number of anilines is 2. The van der Waals surface area contributed by atoms with Crippen molar-refractivity contribution < 1.29 is 4.79 Å². The number of carbonyl (C=O) groups excluding carboxylic acids is 1. The summed E-state index contributed by atoms with van der Waals surface area (Å²) in [6, 6.07) is 25.4. The van der Waals surface area contributed by atoms with Crippen molar-refractivity contribution in [2.75, 3.05) is 5.32 Å². The third-order valence-electron chi connectivity index (χ3n) is 4.37. The van der Waals surface area contributed by atoms with Crippen molar-refractivity contribution in [3.05, 3.63) is 95.6 Å². The second-order valence-corrected chi connectivity index (χ2v) is 7.64. The summed E-state index contributed by atoms with van der Waals surface area (Å²) in [6.07, 6.45) is 1.63. The van der Waals surface area contributed by atoms with E-state index in [1.165, 1.54) is 5.56 Å². The molecule has 2 N–H and O–H groups in total. The van der Waals surface area contributed by atoms with Crippen LogP contribution >= 0.6 is 0 Å². The van der Waals surface area contributed by atoms with E-state index in [0.29, 0.717) is 5.56 Å². The van der Waals surface area contributed by atoms with Crippen LogP contribution in [0.4, 0.5) is 11.4 Å².